The zero-order chi connectivity index (χ0) is 17.3. The summed E-state index contributed by atoms with van der Waals surface area (Å²) in [5.74, 6) is 0.729. The molecule has 0 spiro atoms. The number of nitrogens with one attached hydrogen (secondary N) is 2. The third kappa shape index (κ3) is 3.28. The number of thiophene rings is 1. The topological polar surface area (TPSA) is 114 Å². The third-order valence-electron chi connectivity index (χ3n) is 3.75. The van der Waals surface area contributed by atoms with Gasteiger partial charge in [-0.25, -0.2) is 9.97 Å². The maximum Gasteiger partial charge on any atom is 0.259 e. The molecule has 0 atom stereocenters. The second-order valence-electron chi connectivity index (χ2n) is 5.50. The Bertz CT molecular complexity index is 959. The van der Waals surface area contributed by atoms with Gasteiger partial charge in [0.15, 0.2) is 0 Å². The molecular formula is C16H17N5O2S. The first kappa shape index (κ1) is 16.1. The maximum absolute atomic E-state index is 12.2. The molecule has 0 aliphatic rings. The van der Waals surface area contributed by atoms with E-state index in [0.29, 0.717) is 34.0 Å². The Labute approximate surface area is 142 Å². The summed E-state index contributed by atoms with van der Waals surface area (Å²) in [5.41, 5.74) is 6.89. The molecule has 3 aromatic rings. The number of aromatic nitrogens is 3. The van der Waals surface area contributed by atoms with Crippen molar-refractivity contribution in [2.45, 2.75) is 26.7 Å². The molecule has 4 N–H and O–H groups in total. The van der Waals surface area contributed by atoms with Crippen LogP contribution in [0.1, 0.15) is 22.7 Å². The minimum absolute atomic E-state index is 0.153. The first-order valence-electron chi connectivity index (χ1n) is 7.44. The molecule has 0 aliphatic carbocycles. The van der Waals surface area contributed by atoms with Crippen molar-refractivity contribution in [2.75, 3.05) is 11.1 Å². The fraction of sp³-hybridized carbons (Fsp3) is 0.250. The zero-order valence-corrected chi connectivity index (χ0v) is 14.2. The lowest BCUT2D eigenvalue weighted by atomic mass is 10.2. The Kier molecular flexibility index (Phi) is 4.30. The molecule has 0 radical (unpaired) electrons. The van der Waals surface area contributed by atoms with Crippen LogP contribution in [0, 0.1) is 13.8 Å². The summed E-state index contributed by atoms with van der Waals surface area (Å²) in [6, 6.07) is 3.30. The summed E-state index contributed by atoms with van der Waals surface area (Å²) >= 11 is 1.49. The van der Waals surface area contributed by atoms with E-state index in [4.69, 9.17) is 5.73 Å². The molecule has 24 heavy (non-hydrogen) atoms. The smallest absolute Gasteiger partial charge is 0.259 e. The second-order valence-corrected chi connectivity index (χ2v) is 6.70. The summed E-state index contributed by atoms with van der Waals surface area (Å²) in [6.45, 7) is 3.88. The van der Waals surface area contributed by atoms with E-state index >= 15 is 0 Å². The minimum atomic E-state index is -0.178. The number of hydrogen-bond acceptors (Lipinski definition) is 6. The van der Waals surface area contributed by atoms with Gasteiger partial charge in [0.1, 0.15) is 16.5 Å². The largest absolute Gasteiger partial charge is 0.384 e. The van der Waals surface area contributed by atoms with Gasteiger partial charge in [0.25, 0.3) is 5.56 Å². The van der Waals surface area contributed by atoms with Crippen molar-refractivity contribution < 1.29 is 4.79 Å². The molecule has 0 aliphatic heterocycles. The molecule has 0 bridgehead atoms. The molecule has 124 valence electrons. The van der Waals surface area contributed by atoms with Gasteiger partial charge in [0, 0.05) is 17.7 Å². The van der Waals surface area contributed by atoms with Crippen molar-refractivity contribution in [1.29, 1.82) is 0 Å². The van der Waals surface area contributed by atoms with Gasteiger partial charge in [0.2, 0.25) is 5.91 Å². The van der Waals surface area contributed by atoms with Crippen molar-refractivity contribution in [1.82, 2.24) is 15.0 Å². The molecule has 0 saturated carbocycles. The van der Waals surface area contributed by atoms with Crippen molar-refractivity contribution in [2.24, 2.45) is 0 Å². The van der Waals surface area contributed by atoms with Crippen molar-refractivity contribution in [3.8, 4) is 0 Å². The number of hydrogen-bond donors (Lipinski definition) is 3. The van der Waals surface area contributed by atoms with Gasteiger partial charge in [0.05, 0.1) is 17.3 Å². The Morgan fingerprint density at radius 2 is 2.17 bits per heavy atom. The van der Waals surface area contributed by atoms with Crippen LogP contribution in [0.3, 0.4) is 0 Å². The summed E-state index contributed by atoms with van der Waals surface area (Å²) in [4.78, 5) is 37.1. The fourth-order valence-corrected chi connectivity index (χ4v) is 3.40. The third-order valence-corrected chi connectivity index (χ3v) is 4.85. The number of aryl methyl sites for hydroxylation is 3. The number of nitrogens with zero attached hydrogens (tertiary/aromatic N) is 2. The van der Waals surface area contributed by atoms with E-state index in [0.717, 1.165) is 10.4 Å². The molecule has 3 aromatic heterocycles. The van der Waals surface area contributed by atoms with E-state index < -0.39 is 0 Å². The van der Waals surface area contributed by atoms with E-state index in [2.05, 4.69) is 20.3 Å². The van der Waals surface area contributed by atoms with Gasteiger partial charge in [-0.1, -0.05) is 0 Å². The van der Waals surface area contributed by atoms with Gasteiger partial charge in [-0.05, 0) is 31.5 Å². The molecule has 1 amide bonds. The minimum Gasteiger partial charge on any atom is -0.384 e. The summed E-state index contributed by atoms with van der Waals surface area (Å²) < 4.78 is 0. The van der Waals surface area contributed by atoms with Crippen LogP contribution in [-0.2, 0) is 11.2 Å². The lowest BCUT2D eigenvalue weighted by Gasteiger charge is -2.05. The number of amides is 1. The van der Waals surface area contributed by atoms with Crippen LogP contribution in [0.25, 0.3) is 10.2 Å². The normalized spacial score (nSPS) is 10.9. The van der Waals surface area contributed by atoms with E-state index in [-0.39, 0.29) is 17.9 Å². The lowest BCUT2D eigenvalue weighted by molar-refractivity contribution is -0.116. The van der Waals surface area contributed by atoms with Crippen LogP contribution in [-0.4, -0.2) is 20.9 Å². The number of aromatic amines is 1. The highest BCUT2D eigenvalue weighted by atomic mass is 32.1. The number of H-pyrrole nitrogens is 1. The standard InChI is InChI=1S/C16H17N5O2S/c1-8-9(2)24-16-14(8)15(23)20-12(21-16)5-6-13(22)19-10-3-4-11(17)18-7-10/h3-4,7H,5-6H2,1-2H3,(H2,17,18)(H,19,22)(H,20,21,23). The number of nitrogens with two attached hydrogens (primary N) is 1. The summed E-state index contributed by atoms with van der Waals surface area (Å²) in [7, 11) is 0. The molecule has 0 fully saturated rings. The monoisotopic (exact) mass is 343 g/mol. The average molecular weight is 343 g/mol. The Morgan fingerprint density at radius 3 is 2.88 bits per heavy atom. The average Bonchev–Trinajstić information content (AvgIpc) is 2.82. The molecule has 3 rings (SSSR count). The zero-order valence-electron chi connectivity index (χ0n) is 13.3. The molecule has 0 unspecified atom stereocenters. The number of rotatable bonds is 4. The highest BCUT2D eigenvalue weighted by molar-refractivity contribution is 7.18. The number of anilines is 2. The number of carbonyl (C=O) groups excluding carboxylic acids is 1. The number of fused-ring (bicyclic) bond motifs is 1. The van der Waals surface area contributed by atoms with Gasteiger partial charge in [-0.2, -0.15) is 0 Å². The van der Waals surface area contributed by atoms with Crippen LogP contribution in [0.2, 0.25) is 0 Å². The molecule has 0 saturated heterocycles. The van der Waals surface area contributed by atoms with Crippen LogP contribution in [0.5, 0.6) is 0 Å². The molecule has 0 aromatic carbocycles. The predicted octanol–water partition coefficient (Wildman–Crippen LogP) is 2.15. The first-order valence-corrected chi connectivity index (χ1v) is 8.26. The Balaban J connectivity index is 1.70. The lowest BCUT2D eigenvalue weighted by Crippen LogP contribution is -2.16. The van der Waals surface area contributed by atoms with Gasteiger partial charge < -0.3 is 16.0 Å². The van der Waals surface area contributed by atoms with E-state index in [1.54, 1.807) is 12.1 Å². The predicted molar refractivity (Wildman–Crippen MR) is 95.3 cm³/mol. The Morgan fingerprint density at radius 1 is 1.38 bits per heavy atom. The highest BCUT2D eigenvalue weighted by Gasteiger charge is 2.12. The van der Waals surface area contributed by atoms with E-state index in [1.165, 1.54) is 17.5 Å². The van der Waals surface area contributed by atoms with Crippen molar-refractivity contribution in [3.63, 3.8) is 0 Å². The van der Waals surface area contributed by atoms with Crippen molar-refractivity contribution in [3.05, 3.63) is 44.9 Å². The van der Waals surface area contributed by atoms with Crippen LogP contribution < -0.4 is 16.6 Å². The number of nitrogen functional groups attached to an aromatic ring is 1. The van der Waals surface area contributed by atoms with Crippen LogP contribution in [0.15, 0.2) is 23.1 Å². The SMILES string of the molecule is Cc1sc2nc(CCC(=O)Nc3ccc(N)nc3)[nH]c(=O)c2c1C. The first-order chi connectivity index (χ1) is 11.4. The molecule has 7 nitrogen and oxygen atoms in total. The maximum atomic E-state index is 12.2. The summed E-state index contributed by atoms with van der Waals surface area (Å²) in [5, 5.41) is 3.37. The quantitative estimate of drug-likeness (QED) is 0.671. The van der Waals surface area contributed by atoms with Crippen molar-refractivity contribution >= 4 is 39.0 Å². The molecular weight excluding hydrogens is 326 g/mol. The van der Waals surface area contributed by atoms with E-state index in [1.807, 2.05) is 13.8 Å². The number of pyridine rings is 1. The molecule has 3 heterocycles. The fourth-order valence-electron chi connectivity index (χ4n) is 2.35. The van der Waals surface area contributed by atoms with Gasteiger partial charge >= 0.3 is 0 Å². The van der Waals surface area contributed by atoms with E-state index in [9.17, 15) is 9.59 Å². The van der Waals surface area contributed by atoms with Crippen LogP contribution in [0.4, 0.5) is 11.5 Å². The highest BCUT2D eigenvalue weighted by Crippen LogP contribution is 2.25. The molecule has 8 heteroatoms. The number of carbonyl (C=O) groups is 1. The summed E-state index contributed by atoms with van der Waals surface area (Å²) in [6.07, 6.45) is 2.06. The van der Waals surface area contributed by atoms with Gasteiger partial charge in [-0.15, -0.1) is 11.3 Å². The van der Waals surface area contributed by atoms with Gasteiger partial charge in [-0.3, -0.25) is 9.59 Å². The Hall–Kier alpha value is -2.74. The van der Waals surface area contributed by atoms with Crippen LogP contribution >= 0.6 is 11.3 Å². The second kappa shape index (κ2) is 6.40.